The number of rotatable bonds is 8. The number of aromatic nitrogens is 2. The summed E-state index contributed by atoms with van der Waals surface area (Å²) in [6.45, 7) is -1.45. The predicted octanol–water partition coefficient (Wildman–Crippen LogP) is 5.21. The van der Waals surface area contributed by atoms with E-state index in [1.807, 2.05) is 0 Å². The minimum atomic E-state index is -4.61. The third-order valence-corrected chi connectivity index (χ3v) is 7.07. The highest BCUT2D eigenvalue weighted by atomic mass is 19.4. The van der Waals surface area contributed by atoms with Gasteiger partial charge in [-0.25, -0.2) is 9.37 Å². The van der Waals surface area contributed by atoms with Crippen LogP contribution in [0.3, 0.4) is 0 Å². The van der Waals surface area contributed by atoms with Crippen LogP contribution in [-0.2, 0) is 0 Å². The van der Waals surface area contributed by atoms with Gasteiger partial charge in [0.1, 0.15) is 35.0 Å². The number of fused-ring (bicyclic) bond motifs is 1. The summed E-state index contributed by atoms with van der Waals surface area (Å²) in [6, 6.07) is 9.97. The van der Waals surface area contributed by atoms with Crippen LogP contribution in [0.25, 0.3) is 33.6 Å². The van der Waals surface area contributed by atoms with Crippen molar-refractivity contribution in [2.24, 2.45) is 0 Å². The smallest absolute Gasteiger partial charge is 0.405 e. The lowest BCUT2D eigenvalue weighted by atomic mass is 9.78. The number of nitrogens with one attached hydrogen (secondary N) is 3. The number of nitrogens with zero attached hydrogens (tertiary/aromatic N) is 3. The van der Waals surface area contributed by atoms with Gasteiger partial charge < -0.3 is 25.1 Å². The number of hydrogen-bond acceptors (Lipinski definition) is 8. The number of methoxy groups -OCH3 is 1. The molecule has 1 aliphatic carbocycles. The third kappa shape index (κ3) is 5.78. The summed E-state index contributed by atoms with van der Waals surface area (Å²) in [5.74, 6) is -2.07. The van der Waals surface area contributed by atoms with E-state index in [2.05, 4.69) is 32.0 Å². The quantitative estimate of drug-likeness (QED) is 0.235. The molecule has 14 heteroatoms. The highest BCUT2D eigenvalue weighted by Gasteiger charge is 2.39. The maximum absolute atomic E-state index is 13.6. The maximum atomic E-state index is 13.6. The zero-order valence-corrected chi connectivity index (χ0v) is 22.9. The second kappa shape index (κ2) is 11.2. The minimum Gasteiger partial charge on any atom is -0.480 e. The van der Waals surface area contributed by atoms with Crippen LogP contribution in [0.2, 0.25) is 0 Å². The van der Waals surface area contributed by atoms with Gasteiger partial charge in [-0.1, -0.05) is 0 Å². The molecular weight excluding hydrogens is 572 g/mol. The van der Waals surface area contributed by atoms with E-state index in [-0.39, 0.29) is 50.8 Å². The van der Waals surface area contributed by atoms with Gasteiger partial charge in [0, 0.05) is 29.9 Å². The molecule has 1 aliphatic rings. The van der Waals surface area contributed by atoms with Crippen molar-refractivity contribution in [2.45, 2.75) is 31.0 Å². The Morgan fingerprint density at radius 1 is 1.14 bits per heavy atom. The van der Waals surface area contributed by atoms with Gasteiger partial charge in [0.25, 0.3) is 11.8 Å². The lowest BCUT2D eigenvalue weighted by Gasteiger charge is -2.35. The molecule has 10 nitrogen and oxygen atoms in total. The minimum absolute atomic E-state index is 0.0145. The van der Waals surface area contributed by atoms with Crippen LogP contribution in [0.15, 0.2) is 47.0 Å². The zero-order chi connectivity index (χ0) is 30.9. The Morgan fingerprint density at radius 3 is 2.44 bits per heavy atom. The van der Waals surface area contributed by atoms with Gasteiger partial charge >= 0.3 is 6.18 Å². The summed E-state index contributed by atoms with van der Waals surface area (Å²) < 4.78 is 64.5. The van der Waals surface area contributed by atoms with Crippen molar-refractivity contribution in [3.63, 3.8) is 0 Å². The molecule has 5 rings (SSSR count). The van der Waals surface area contributed by atoms with E-state index in [4.69, 9.17) is 9.15 Å². The molecule has 1 saturated carbocycles. The van der Waals surface area contributed by atoms with Gasteiger partial charge in [-0.05, 0) is 55.7 Å². The number of alkyl halides is 3. The number of ether oxygens (including phenoxy) is 1. The average Bonchev–Trinajstić information content (AvgIpc) is 3.34. The summed E-state index contributed by atoms with van der Waals surface area (Å²) in [7, 11) is 2.68. The monoisotopic (exact) mass is 596 g/mol. The van der Waals surface area contributed by atoms with Crippen molar-refractivity contribution in [2.75, 3.05) is 26.0 Å². The standard InChI is InChI=1S/C29H24F4N6O4/c1-35-25(41)21-19-11-18(16-10-20(26(42-2)36-12-16)24(40)39-28(13-34)8-3-9-28)23(37-14-29(31,32)33)38-27(19)43-22(21)15-4-6-17(30)7-5-15/h4-7,10-12H,3,8-9,14H2,1-2H3,(H,35,41)(H,37,38)(H,39,40). The van der Waals surface area contributed by atoms with Crippen LogP contribution in [0.5, 0.6) is 5.88 Å². The Kier molecular flexibility index (Phi) is 7.66. The first kappa shape index (κ1) is 29.3. The van der Waals surface area contributed by atoms with Crippen molar-refractivity contribution in [3.05, 3.63) is 59.5 Å². The van der Waals surface area contributed by atoms with Crippen LogP contribution < -0.4 is 20.7 Å². The first-order valence-corrected chi connectivity index (χ1v) is 13.0. The number of amides is 2. The number of benzene rings is 1. The summed E-state index contributed by atoms with van der Waals surface area (Å²) in [6.07, 6.45) is -1.63. The van der Waals surface area contributed by atoms with Crippen LogP contribution in [0.4, 0.5) is 23.4 Å². The molecule has 3 aromatic heterocycles. The van der Waals surface area contributed by atoms with E-state index < -0.39 is 35.9 Å². The lowest BCUT2D eigenvalue weighted by Crippen LogP contribution is -2.52. The van der Waals surface area contributed by atoms with E-state index in [0.717, 1.165) is 6.42 Å². The number of carbonyl (C=O) groups excluding carboxylic acids is 2. The molecule has 2 amide bonds. The lowest BCUT2D eigenvalue weighted by molar-refractivity contribution is -0.115. The van der Waals surface area contributed by atoms with Gasteiger partial charge in [-0.2, -0.15) is 23.4 Å². The van der Waals surface area contributed by atoms with E-state index in [0.29, 0.717) is 18.4 Å². The number of hydrogen-bond donors (Lipinski definition) is 3. The van der Waals surface area contributed by atoms with E-state index >= 15 is 0 Å². The average molecular weight is 597 g/mol. The predicted molar refractivity (Wildman–Crippen MR) is 147 cm³/mol. The molecule has 0 saturated heterocycles. The largest absolute Gasteiger partial charge is 0.480 e. The SMILES string of the molecule is CNC(=O)c1c(-c2ccc(F)cc2)oc2nc(NCC(F)(F)F)c(-c3cnc(OC)c(C(=O)NC4(C#N)CCC4)c3)cc12. The fourth-order valence-corrected chi connectivity index (χ4v) is 4.72. The summed E-state index contributed by atoms with van der Waals surface area (Å²) in [4.78, 5) is 34.7. The van der Waals surface area contributed by atoms with Crippen molar-refractivity contribution >= 4 is 28.7 Å². The molecule has 3 N–H and O–H groups in total. The zero-order valence-electron chi connectivity index (χ0n) is 22.9. The van der Waals surface area contributed by atoms with Crippen LogP contribution in [0, 0.1) is 17.1 Å². The summed E-state index contributed by atoms with van der Waals surface area (Å²) in [5, 5.41) is 17.2. The molecule has 43 heavy (non-hydrogen) atoms. The van der Waals surface area contributed by atoms with E-state index in [1.165, 1.54) is 56.8 Å². The molecule has 1 aromatic carbocycles. The first-order valence-electron chi connectivity index (χ1n) is 13.0. The molecule has 3 heterocycles. The Morgan fingerprint density at radius 2 is 1.86 bits per heavy atom. The van der Waals surface area contributed by atoms with E-state index in [1.54, 1.807) is 0 Å². The second-order valence-electron chi connectivity index (χ2n) is 9.88. The molecule has 0 spiro atoms. The van der Waals surface area contributed by atoms with Gasteiger partial charge in [0.05, 0.1) is 24.1 Å². The molecule has 0 atom stereocenters. The molecule has 0 bridgehead atoms. The number of nitriles is 1. The number of carbonyl (C=O) groups is 2. The van der Waals surface area contributed by atoms with Crippen molar-refractivity contribution in [1.82, 2.24) is 20.6 Å². The molecule has 0 aliphatic heterocycles. The van der Waals surface area contributed by atoms with Crippen molar-refractivity contribution in [3.8, 4) is 34.4 Å². The molecule has 0 radical (unpaired) electrons. The molecule has 222 valence electrons. The van der Waals surface area contributed by atoms with Gasteiger partial charge in [0.2, 0.25) is 11.6 Å². The number of pyridine rings is 2. The first-order chi connectivity index (χ1) is 20.5. The number of anilines is 1. The van der Waals surface area contributed by atoms with Crippen LogP contribution in [0.1, 0.15) is 40.0 Å². The summed E-state index contributed by atoms with van der Waals surface area (Å²) in [5.41, 5.74) is -0.681. The Balaban J connectivity index is 1.70. The molecule has 4 aromatic rings. The van der Waals surface area contributed by atoms with Crippen LogP contribution >= 0.6 is 0 Å². The Bertz CT molecular complexity index is 1760. The van der Waals surface area contributed by atoms with Gasteiger partial charge in [-0.15, -0.1) is 0 Å². The van der Waals surface area contributed by atoms with Crippen LogP contribution in [-0.4, -0.2) is 54.2 Å². The number of furan rings is 1. The molecule has 0 unspecified atom stereocenters. The fraction of sp³-hybridized carbons (Fsp3) is 0.276. The van der Waals surface area contributed by atoms with Gasteiger partial charge in [0.15, 0.2) is 0 Å². The normalized spacial score (nSPS) is 14.0. The van der Waals surface area contributed by atoms with Gasteiger partial charge in [-0.3, -0.25) is 9.59 Å². The molecule has 1 fully saturated rings. The highest BCUT2D eigenvalue weighted by molar-refractivity contribution is 6.11. The van der Waals surface area contributed by atoms with E-state index in [9.17, 15) is 32.4 Å². The molecular formula is C29H24F4N6O4. The van der Waals surface area contributed by atoms with Crippen molar-refractivity contribution in [1.29, 1.82) is 5.26 Å². The number of halogens is 4. The topological polar surface area (TPSA) is 142 Å². The Hall–Kier alpha value is -5.19. The Labute approximate surface area is 242 Å². The highest BCUT2D eigenvalue weighted by Crippen LogP contribution is 2.39. The third-order valence-electron chi connectivity index (χ3n) is 7.07. The summed E-state index contributed by atoms with van der Waals surface area (Å²) >= 11 is 0. The maximum Gasteiger partial charge on any atom is 0.405 e. The van der Waals surface area contributed by atoms with Crippen molar-refractivity contribution < 1.29 is 36.3 Å². The second-order valence-corrected chi connectivity index (χ2v) is 9.88. The fourth-order valence-electron chi connectivity index (χ4n) is 4.72.